The Morgan fingerprint density at radius 3 is 2.48 bits per heavy atom. The fourth-order valence-corrected chi connectivity index (χ4v) is 4.62. The lowest BCUT2D eigenvalue weighted by Crippen LogP contribution is -2.50. The van der Waals surface area contributed by atoms with Gasteiger partial charge in [-0.15, -0.1) is 11.3 Å². The molecule has 1 aromatic rings. The monoisotopic (exact) mass is 365 g/mol. The number of carbonyl (C=O) groups is 2. The van der Waals surface area contributed by atoms with E-state index in [-0.39, 0.29) is 24.0 Å². The first kappa shape index (κ1) is 18.2. The second-order valence-electron chi connectivity index (χ2n) is 6.87. The van der Waals surface area contributed by atoms with Crippen molar-refractivity contribution < 1.29 is 14.3 Å². The van der Waals surface area contributed by atoms with Crippen LogP contribution in [-0.4, -0.2) is 40.6 Å². The number of amides is 2. The normalized spacial score (nSPS) is 24.0. The second-order valence-corrected chi connectivity index (χ2v) is 7.77. The quantitative estimate of drug-likeness (QED) is 0.799. The molecule has 0 radical (unpaired) electrons. The van der Waals surface area contributed by atoms with Gasteiger partial charge in [-0.05, 0) is 45.4 Å². The zero-order chi connectivity index (χ0) is 17.6. The summed E-state index contributed by atoms with van der Waals surface area (Å²) in [6.45, 7) is 2.28. The third-order valence-electron chi connectivity index (χ3n) is 5.31. The molecule has 0 spiro atoms. The highest BCUT2D eigenvalue weighted by molar-refractivity contribution is 7.13. The number of esters is 1. The van der Waals surface area contributed by atoms with Crippen LogP contribution in [0.2, 0.25) is 0 Å². The van der Waals surface area contributed by atoms with E-state index in [1.807, 2.05) is 12.3 Å². The Morgan fingerprint density at radius 1 is 1.20 bits per heavy atom. The Hall–Kier alpha value is -1.63. The zero-order valence-electron chi connectivity index (χ0n) is 14.8. The van der Waals surface area contributed by atoms with E-state index < -0.39 is 0 Å². The van der Waals surface area contributed by atoms with Gasteiger partial charge in [0.1, 0.15) is 0 Å². The minimum atomic E-state index is -0.0828. The minimum Gasteiger partial charge on any atom is -0.466 e. The van der Waals surface area contributed by atoms with E-state index in [1.54, 1.807) is 6.20 Å². The van der Waals surface area contributed by atoms with Crippen molar-refractivity contribution >= 4 is 28.5 Å². The first-order valence-corrected chi connectivity index (χ1v) is 10.2. The van der Waals surface area contributed by atoms with Crippen LogP contribution in [0.4, 0.5) is 9.93 Å². The number of ether oxygens (including phenoxy) is 1. The fourth-order valence-electron chi connectivity index (χ4n) is 4.10. The molecule has 0 aliphatic heterocycles. The average molecular weight is 365 g/mol. The van der Waals surface area contributed by atoms with Gasteiger partial charge in [0.2, 0.25) is 0 Å². The SMILES string of the molecule is CCOC(=O)C1CCC(N(C(=O)Nc2nccs2)C2CCCC2)CC1. The van der Waals surface area contributed by atoms with Crippen molar-refractivity contribution in [2.75, 3.05) is 11.9 Å². The van der Waals surface area contributed by atoms with Gasteiger partial charge in [-0.25, -0.2) is 9.78 Å². The number of aromatic nitrogens is 1. The van der Waals surface area contributed by atoms with E-state index in [2.05, 4.69) is 15.2 Å². The van der Waals surface area contributed by atoms with Crippen LogP contribution in [0.5, 0.6) is 0 Å². The van der Waals surface area contributed by atoms with Crippen LogP contribution in [0.15, 0.2) is 11.6 Å². The van der Waals surface area contributed by atoms with Crippen LogP contribution in [0, 0.1) is 5.92 Å². The van der Waals surface area contributed by atoms with Gasteiger partial charge in [0.05, 0.1) is 12.5 Å². The molecule has 0 aromatic carbocycles. The van der Waals surface area contributed by atoms with Crippen LogP contribution in [0.1, 0.15) is 58.3 Å². The van der Waals surface area contributed by atoms with Crippen LogP contribution in [-0.2, 0) is 9.53 Å². The van der Waals surface area contributed by atoms with Crippen molar-refractivity contribution in [2.24, 2.45) is 5.92 Å². The molecule has 138 valence electrons. The van der Waals surface area contributed by atoms with Gasteiger partial charge in [0, 0.05) is 23.7 Å². The molecule has 2 aliphatic carbocycles. The van der Waals surface area contributed by atoms with Crippen molar-refractivity contribution in [1.82, 2.24) is 9.88 Å². The van der Waals surface area contributed by atoms with E-state index in [0.29, 0.717) is 17.8 Å². The molecule has 2 fully saturated rings. The minimum absolute atomic E-state index is 0.0105. The van der Waals surface area contributed by atoms with Crippen LogP contribution in [0.25, 0.3) is 0 Å². The molecule has 0 bridgehead atoms. The molecule has 0 atom stereocenters. The Labute approximate surface area is 153 Å². The van der Waals surface area contributed by atoms with Gasteiger partial charge >= 0.3 is 12.0 Å². The lowest BCUT2D eigenvalue weighted by Gasteiger charge is -2.39. The molecular formula is C18H27N3O3S. The number of carbonyl (C=O) groups excluding carboxylic acids is 2. The van der Waals surface area contributed by atoms with Crippen molar-refractivity contribution in [1.29, 1.82) is 0 Å². The summed E-state index contributed by atoms with van der Waals surface area (Å²) in [7, 11) is 0. The molecule has 1 heterocycles. The summed E-state index contributed by atoms with van der Waals surface area (Å²) in [5, 5.41) is 5.46. The summed E-state index contributed by atoms with van der Waals surface area (Å²) in [5.41, 5.74) is 0. The molecule has 1 N–H and O–H groups in total. The van der Waals surface area contributed by atoms with E-state index in [0.717, 1.165) is 38.5 Å². The van der Waals surface area contributed by atoms with Crippen molar-refractivity contribution in [3.05, 3.63) is 11.6 Å². The van der Waals surface area contributed by atoms with Crippen LogP contribution < -0.4 is 5.32 Å². The molecule has 0 unspecified atom stereocenters. The Bertz CT molecular complexity index is 564. The lowest BCUT2D eigenvalue weighted by molar-refractivity contribution is -0.149. The maximum atomic E-state index is 12.9. The number of nitrogens with one attached hydrogen (secondary N) is 1. The summed E-state index contributed by atoms with van der Waals surface area (Å²) in [4.78, 5) is 31.1. The number of hydrogen-bond acceptors (Lipinski definition) is 5. The highest BCUT2D eigenvalue weighted by Gasteiger charge is 2.36. The topological polar surface area (TPSA) is 71.5 Å². The molecule has 2 amide bonds. The van der Waals surface area contributed by atoms with Gasteiger partial charge in [-0.3, -0.25) is 10.1 Å². The summed E-state index contributed by atoms with van der Waals surface area (Å²) in [5.74, 6) is -0.0933. The summed E-state index contributed by atoms with van der Waals surface area (Å²) < 4.78 is 5.16. The molecule has 2 aliphatic rings. The van der Waals surface area contributed by atoms with E-state index in [1.165, 1.54) is 24.2 Å². The number of hydrogen-bond donors (Lipinski definition) is 1. The number of thiazole rings is 1. The molecule has 1 aromatic heterocycles. The third kappa shape index (κ3) is 4.51. The van der Waals surface area contributed by atoms with Gasteiger partial charge < -0.3 is 9.64 Å². The van der Waals surface area contributed by atoms with E-state index in [4.69, 9.17) is 4.74 Å². The maximum absolute atomic E-state index is 12.9. The predicted octanol–water partition coefficient (Wildman–Crippen LogP) is 4.04. The van der Waals surface area contributed by atoms with Gasteiger partial charge in [-0.1, -0.05) is 12.8 Å². The molecule has 7 heteroatoms. The third-order valence-corrected chi connectivity index (χ3v) is 6.00. The first-order chi connectivity index (χ1) is 12.2. The summed E-state index contributed by atoms with van der Waals surface area (Å²) in [6, 6.07) is 0.472. The van der Waals surface area contributed by atoms with Crippen molar-refractivity contribution in [3.63, 3.8) is 0 Å². The number of nitrogens with zero attached hydrogens (tertiary/aromatic N) is 2. The van der Waals surface area contributed by atoms with Crippen LogP contribution >= 0.6 is 11.3 Å². The highest BCUT2D eigenvalue weighted by Crippen LogP contribution is 2.34. The summed E-state index contributed by atoms with van der Waals surface area (Å²) in [6.07, 6.45) is 9.55. The maximum Gasteiger partial charge on any atom is 0.324 e. The van der Waals surface area contributed by atoms with Gasteiger partial charge in [-0.2, -0.15) is 0 Å². The van der Waals surface area contributed by atoms with Crippen molar-refractivity contribution in [2.45, 2.75) is 70.4 Å². The molecule has 0 saturated heterocycles. The number of urea groups is 1. The highest BCUT2D eigenvalue weighted by atomic mass is 32.1. The number of rotatable bonds is 5. The molecule has 25 heavy (non-hydrogen) atoms. The Balaban J connectivity index is 1.64. The Kier molecular flexibility index (Phi) is 6.29. The predicted molar refractivity (Wildman–Crippen MR) is 97.6 cm³/mol. The van der Waals surface area contributed by atoms with Gasteiger partial charge in [0.15, 0.2) is 5.13 Å². The molecule has 2 saturated carbocycles. The average Bonchev–Trinajstić information content (AvgIpc) is 3.30. The second kappa shape index (κ2) is 8.65. The zero-order valence-corrected chi connectivity index (χ0v) is 15.6. The van der Waals surface area contributed by atoms with E-state index in [9.17, 15) is 9.59 Å². The molecule has 6 nitrogen and oxygen atoms in total. The number of anilines is 1. The van der Waals surface area contributed by atoms with E-state index >= 15 is 0 Å². The Morgan fingerprint density at radius 2 is 1.88 bits per heavy atom. The lowest BCUT2D eigenvalue weighted by atomic mass is 9.85. The smallest absolute Gasteiger partial charge is 0.324 e. The fraction of sp³-hybridized carbons (Fsp3) is 0.722. The van der Waals surface area contributed by atoms with Gasteiger partial charge in [0.25, 0.3) is 0 Å². The largest absolute Gasteiger partial charge is 0.466 e. The molecule has 3 rings (SSSR count). The first-order valence-electron chi connectivity index (χ1n) is 9.34. The van der Waals surface area contributed by atoms with Crippen molar-refractivity contribution in [3.8, 4) is 0 Å². The summed E-state index contributed by atoms with van der Waals surface area (Å²) >= 11 is 1.44. The molecular weight excluding hydrogens is 338 g/mol. The van der Waals surface area contributed by atoms with Crippen LogP contribution in [0.3, 0.4) is 0 Å². The standard InChI is InChI=1S/C18H27N3O3S/c1-2-24-16(22)13-7-9-15(10-8-13)21(14-5-3-4-6-14)18(23)20-17-19-11-12-25-17/h11-15H,2-10H2,1H3,(H,19,20,23).